The maximum absolute atomic E-state index is 12.9. The van der Waals surface area contributed by atoms with Gasteiger partial charge in [0.05, 0.1) is 11.3 Å². The minimum absolute atomic E-state index is 0. The minimum Gasteiger partial charge on any atom is -0.440 e. The lowest BCUT2D eigenvalue weighted by Crippen LogP contribution is -2.31. The molecule has 3 aromatic rings. The third kappa shape index (κ3) is 4.88. The number of unbranched alkanes of at least 4 members (excludes halogenated alkanes) is 1. The summed E-state index contributed by atoms with van der Waals surface area (Å²) in [5.41, 5.74) is 0.254. The molecule has 0 radical (unpaired) electrons. The van der Waals surface area contributed by atoms with E-state index in [0.29, 0.717) is 29.8 Å². The number of aromatic amines is 1. The van der Waals surface area contributed by atoms with Gasteiger partial charge in [-0.15, -0.1) is 12.4 Å². The molecule has 0 amide bonds. The zero-order valence-electron chi connectivity index (χ0n) is 20.0. The van der Waals surface area contributed by atoms with Gasteiger partial charge in [0.2, 0.25) is 0 Å². The van der Waals surface area contributed by atoms with E-state index in [1.165, 1.54) is 22.9 Å². The Morgan fingerprint density at radius 1 is 1.14 bits per heavy atom. The number of fused-ring (bicyclic) bond motifs is 1. The number of benzene rings is 1. The van der Waals surface area contributed by atoms with E-state index >= 15 is 0 Å². The van der Waals surface area contributed by atoms with Crippen molar-refractivity contribution >= 4 is 12.4 Å². The quantitative estimate of drug-likeness (QED) is 0.466. The van der Waals surface area contributed by atoms with Crippen LogP contribution in [-0.2, 0) is 18.1 Å². The van der Waals surface area contributed by atoms with E-state index in [2.05, 4.69) is 14.9 Å². The first-order valence-corrected chi connectivity index (χ1v) is 11.7. The van der Waals surface area contributed by atoms with Crippen molar-refractivity contribution in [2.24, 2.45) is 5.92 Å². The van der Waals surface area contributed by atoms with Crippen molar-refractivity contribution in [1.82, 2.24) is 19.4 Å². The molecular formula is C25H28ClF3N4O3. The van der Waals surface area contributed by atoms with E-state index in [0.717, 1.165) is 44.5 Å². The first kappa shape index (κ1) is 26.2. The monoisotopic (exact) mass is 524 g/mol. The molecular weight excluding hydrogens is 497 g/mol. The summed E-state index contributed by atoms with van der Waals surface area (Å²) in [5, 5.41) is 0. The Morgan fingerprint density at radius 3 is 2.47 bits per heavy atom. The second-order valence-corrected chi connectivity index (χ2v) is 9.72. The van der Waals surface area contributed by atoms with Gasteiger partial charge in [-0.2, -0.15) is 13.2 Å². The number of nitrogens with one attached hydrogen (secondary N) is 1. The van der Waals surface area contributed by atoms with Crippen LogP contribution < -0.4 is 11.2 Å². The van der Waals surface area contributed by atoms with Crippen molar-refractivity contribution in [3.05, 3.63) is 74.0 Å². The number of nitrogens with zero attached hydrogens (tertiary/aromatic N) is 3. The van der Waals surface area contributed by atoms with E-state index in [1.807, 2.05) is 0 Å². The zero-order chi connectivity index (χ0) is 25.0. The van der Waals surface area contributed by atoms with E-state index in [-0.39, 0.29) is 23.4 Å². The molecule has 194 valence electrons. The molecule has 1 saturated carbocycles. The van der Waals surface area contributed by atoms with Gasteiger partial charge in [-0.05, 0) is 56.3 Å². The summed E-state index contributed by atoms with van der Waals surface area (Å²) in [6.07, 6.45) is -0.170. The van der Waals surface area contributed by atoms with Crippen LogP contribution in [0.25, 0.3) is 11.3 Å². The van der Waals surface area contributed by atoms with Crippen molar-refractivity contribution in [3.8, 4) is 11.3 Å². The summed E-state index contributed by atoms with van der Waals surface area (Å²) in [6, 6.07) is 5.62. The minimum atomic E-state index is -4.32. The SMILES string of the molecule is Cc1nc(C)c(-c2cn(CCCCN3C[C@@H]4C[C@]4(c4ccc(C(F)(F)F)cc4)C3)c(=O)[nH]c2=O)o1.Cl. The van der Waals surface area contributed by atoms with Crippen LogP contribution in [-0.4, -0.2) is 39.1 Å². The predicted molar refractivity (Wildman–Crippen MR) is 130 cm³/mol. The molecule has 1 aliphatic heterocycles. The Morgan fingerprint density at radius 2 is 1.83 bits per heavy atom. The first-order chi connectivity index (χ1) is 16.6. The average molecular weight is 525 g/mol. The number of piperidine rings is 1. The average Bonchev–Trinajstić information content (AvgIpc) is 3.19. The number of halogens is 4. The van der Waals surface area contributed by atoms with Gasteiger partial charge >= 0.3 is 11.9 Å². The maximum Gasteiger partial charge on any atom is 0.416 e. The Hall–Kier alpha value is -2.85. The Balaban J connectivity index is 0.00000304. The van der Waals surface area contributed by atoms with Crippen molar-refractivity contribution in [1.29, 1.82) is 0 Å². The molecule has 1 aromatic carbocycles. The lowest BCUT2D eigenvalue weighted by molar-refractivity contribution is -0.137. The van der Waals surface area contributed by atoms with Crippen molar-refractivity contribution in [2.45, 2.75) is 51.2 Å². The second-order valence-electron chi connectivity index (χ2n) is 9.72. The maximum atomic E-state index is 12.9. The standard InChI is InChI=1S/C25H27F3N4O3.ClH/c1-15-21(35-16(2)29-15)20-13-32(23(34)30-22(20)33)10-4-3-9-31-12-19-11-24(19,14-31)17-5-7-18(8-6-17)25(26,27)28;/h5-8,13,19H,3-4,9-12,14H2,1-2H3,(H,30,33,34);1H/t19-,24+;/m0./s1. The molecule has 36 heavy (non-hydrogen) atoms. The first-order valence-electron chi connectivity index (χ1n) is 11.7. The third-order valence-electron chi connectivity index (χ3n) is 7.29. The van der Waals surface area contributed by atoms with Gasteiger partial charge in [0.25, 0.3) is 5.56 Å². The van der Waals surface area contributed by atoms with E-state index in [9.17, 15) is 22.8 Å². The topological polar surface area (TPSA) is 84.1 Å². The molecule has 0 bridgehead atoms. The third-order valence-corrected chi connectivity index (χ3v) is 7.29. The largest absolute Gasteiger partial charge is 0.440 e. The van der Waals surface area contributed by atoms with Crippen LogP contribution in [0.4, 0.5) is 13.2 Å². The van der Waals surface area contributed by atoms with Gasteiger partial charge in [0, 0.05) is 38.2 Å². The number of aryl methyl sites for hydroxylation is 3. The molecule has 2 aromatic heterocycles. The number of alkyl halides is 3. The molecule has 7 nitrogen and oxygen atoms in total. The molecule has 11 heteroatoms. The highest BCUT2D eigenvalue weighted by Gasteiger charge is 2.60. The van der Waals surface area contributed by atoms with Crippen LogP contribution in [0, 0.1) is 19.8 Å². The molecule has 3 heterocycles. The van der Waals surface area contributed by atoms with E-state index in [4.69, 9.17) is 4.42 Å². The Labute approximate surface area is 211 Å². The number of H-pyrrole nitrogens is 1. The summed E-state index contributed by atoms with van der Waals surface area (Å²) in [4.78, 5) is 33.5. The lowest BCUT2D eigenvalue weighted by Gasteiger charge is -2.21. The van der Waals surface area contributed by atoms with Gasteiger partial charge in [-0.3, -0.25) is 14.3 Å². The molecule has 1 N–H and O–H groups in total. The number of aromatic nitrogens is 3. The smallest absolute Gasteiger partial charge is 0.416 e. The van der Waals surface area contributed by atoms with Crippen LogP contribution in [0.2, 0.25) is 0 Å². The molecule has 0 unspecified atom stereocenters. The van der Waals surface area contributed by atoms with Crippen molar-refractivity contribution < 1.29 is 17.6 Å². The van der Waals surface area contributed by atoms with Gasteiger partial charge < -0.3 is 9.32 Å². The van der Waals surface area contributed by atoms with Crippen LogP contribution in [0.1, 0.15) is 42.0 Å². The number of likely N-dealkylation sites (tertiary alicyclic amines) is 1. The van der Waals surface area contributed by atoms with Crippen LogP contribution in [0.3, 0.4) is 0 Å². The van der Waals surface area contributed by atoms with Gasteiger partial charge in [0.1, 0.15) is 5.56 Å². The summed E-state index contributed by atoms with van der Waals surface area (Å²) < 4.78 is 45.7. The molecule has 0 spiro atoms. The summed E-state index contributed by atoms with van der Waals surface area (Å²) in [6.45, 7) is 6.54. The van der Waals surface area contributed by atoms with Crippen molar-refractivity contribution in [2.75, 3.05) is 19.6 Å². The van der Waals surface area contributed by atoms with Gasteiger partial charge in [-0.25, -0.2) is 9.78 Å². The highest BCUT2D eigenvalue weighted by Crippen LogP contribution is 2.59. The second kappa shape index (κ2) is 9.55. The fourth-order valence-electron chi connectivity index (χ4n) is 5.43. The van der Waals surface area contributed by atoms with E-state index in [1.54, 1.807) is 26.0 Å². The van der Waals surface area contributed by atoms with Crippen LogP contribution in [0.5, 0.6) is 0 Å². The zero-order valence-corrected chi connectivity index (χ0v) is 20.8. The van der Waals surface area contributed by atoms with Crippen molar-refractivity contribution in [3.63, 3.8) is 0 Å². The van der Waals surface area contributed by atoms with Gasteiger partial charge in [0.15, 0.2) is 11.7 Å². The van der Waals surface area contributed by atoms with E-state index < -0.39 is 23.0 Å². The predicted octanol–water partition coefficient (Wildman–Crippen LogP) is 4.30. The summed E-state index contributed by atoms with van der Waals surface area (Å²) >= 11 is 0. The summed E-state index contributed by atoms with van der Waals surface area (Å²) in [7, 11) is 0. The van der Waals surface area contributed by atoms with Crippen LogP contribution in [0.15, 0.2) is 44.5 Å². The molecule has 2 aliphatic rings. The molecule has 2 atom stereocenters. The molecule has 1 saturated heterocycles. The van der Waals surface area contributed by atoms with Crippen LogP contribution >= 0.6 is 12.4 Å². The Bertz CT molecular complexity index is 1360. The molecule has 2 fully saturated rings. The molecule has 1 aliphatic carbocycles. The highest BCUT2D eigenvalue weighted by atomic mass is 35.5. The fourth-order valence-corrected chi connectivity index (χ4v) is 5.43. The normalized spacial score (nSPS) is 21.3. The lowest BCUT2D eigenvalue weighted by atomic mass is 9.94. The fraction of sp³-hybridized carbons (Fsp3) is 0.480. The highest BCUT2D eigenvalue weighted by molar-refractivity contribution is 5.85. The number of hydrogen-bond acceptors (Lipinski definition) is 5. The molecule has 5 rings (SSSR count). The van der Waals surface area contributed by atoms with Gasteiger partial charge in [-0.1, -0.05) is 12.1 Å². The number of rotatable bonds is 7. The summed E-state index contributed by atoms with van der Waals surface area (Å²) in [5.74, 6) is 1.30. The number of hydrogen-bond donors (Lipinski definition) is 1. The number of oxazole rings is 1. The Kier molecular flexibility index (Phi) is 6.96.